The second-order valence-corrected chi connectivity index (χ2v) is 10.1. The van der Waals surface area contributed by atoms with Gasteiger partial charge in [-0.05, 0) is 61.5 Å². The Kier molecular flexibility index (Phi) is 9.07. The highest BCUT2D eigenvalue weighted by atomic mass is 19.1. The van der Waals surface area contributed by atoms with Crippen molar-refractivity contribution in [2.45, 2.75) is 19.8 Å². The van der Waals surface area contributed by atoms with Gasteiger partial charge in [-0.2, -0.15) is 0 Å². The third-order valence-corrected chi connectivity index (χ3v) is 6.66. The number of benzene rings is 2. The van der Waals surface area contributed by atoms with Crippen molar-refractivity contribution in [3.05, 3.63) is 108 Å². The molecule has 2 aromatic carbocycles. The molecule has 44 heavy (non-hydrogen) atoms. The smallest absolute Gasteiger partial charge is 0.314 e. The van der Waals surface area contributed by atoms with Crippen LogP contribution in [0.3, 0.4) is 0 Å². The van der Waals surface area contributed by atoms with Crippen molar-refractivity contribution in [3.8, 4) is 22.6 Å². The van der Waals surface area contributed by atoms with Crippen LogP contribution in [0, 0.1) is 11.2 Å². The number of hydrogen-bond acceptors (Lipinski definition) is 9. The zero-order chi connectivity index (χ0) is 31.1. The van der Waals surface area contributed by atoms with E-state index in [0.29, 0.717) is 46.5 Å². The van der Waals surface area contributed by atoms with Crippen LogP contribution >= 0.6 is 0 Å². The van der Waals surface area contributed by atoms with Crippen LogP contribution in [-0.2, 0) is 20.8 Å². The number of carbonyl (C=O) groups is 2. The molecule has 0 bridgehead atoms. The Labute approximate surface area is 251 Å². The van der Waals surface area contributed by atoms with E-state index in [2.05, 4.69) is 25.3 Å². The molecule has 5 N–H and O–H groups in total. The minimum absolute atomic E-state index is 0.0384. The Balaban J connectivity index is 0.000000367. The van der Waals surface area contributed by atoms with Crippen LogP contribution in [0.2, 0.25) is 0 Å². The number of carbonyl (C=O) groups excluding carboxylic acids is 1. The number of aliphatic carboxylic acids is 1. The number of anilines is 1. The molecular weight excluding hydrogens is 571 g/mol. The Morgan fingerprint density at radius 2 is 1.77 bits per heavy atom. The molecular formula is C31H29FN6O6. The molecule has 6 rings (SSSR count). The summed E-state index contributed by atoms with van der Waals surface area (Å²) >= 11 is 0. The molecule has 0 spiro atoms. The van der Waals surface area contributed by atoms with Gasteiger partial charge in [0, 0.05) is 17.3 Å². The van der Waals surface area contributed by atoms with Crippen molar-refractivity contribution in [1.29, 1.82) is 0 Å². The van der Waals surface area contributed by atoms with Crippen LogP contribution in [-0.4, -0.2) is 50.1 Å². The minimum Gasteiger partial charge on any atom is -0.481 e. The van der Waals surface area contributed by atoms with Gasteiger partial charge in [-0.15, -0.1) is 0 Å². The number of halogens is 1. The minimum atomic E-state index is -1.15. The number of hydrogen-bond donors (Lipinski definition) is 4. The summed E-state index contributed by atoms with van der Waals surface area (Å²) in [5.41, 5.74) is 6.63. The fraction of sp³-hybridized carbons (Fsp3) is 0.194. The van der Waals surface area contributed by atoms with Crippen LogP contribution < -0.4 is 11.1 Å². The summed E-state index contributed by atoms with van der Waals surface area (Å²) in [5, 5.41) is 12.5. The first-order valence-corrected chi connectivity index (χ1v) is 13.5. The summed E-state index contributed by atoms with van der Waals surface area (Å²) in [6.07, 6.45) is 2.30. The molecule has 12 nitrogen and oxygen atoms in total. The van der Waals surface area contributed by atoms with E-state index in [0.717, 1.165) is 5.76 Å². The number of imidazole rings is 1. The lowest BCUT2D eigenvalue weighted by Crippen LogP contribution is -2.42. The molecule has 13 heteroatoms. The standard InChI is InChI=1S/C24H22FN5O5.C7H7NO/c1-24(22(31)32)12-34-21(35-13-24)20-29-18(14-4-6-15(25)7-5-14)19(30-20)17-8-9-26-23(28-17)27-11-16-3-2-10-33-16;8-7(9)6-4-2-1-3-5-6/h2-10,21H,11-13H2,1H3,(H,29,30)(H,31,32)(H,26,27,28);1-5H,(H2,8,9). The normalized spacial score (nSPS) is 17.7. The number of furan rings is 1. The predicted molar refractivity (Wildman–Crippen MR) is 156 cm³/mol. The number of ether oxygens (including phenoxy) is 2. The molecule has 0 aliphatic carbocycles. The molecule has 5 aromatic rings. The van der Waals surface area contributed by atoms with Crippen LogP contribution in [0.15, 0.2) is 89.7 Å². The Morgan fingerprint density at radius 3 is 2.39 bits per heavy atom. The number of H-pyrrole nitrogens is 1. The van der Waals surface area contributed by atoms with E-state index < -0.39 is 17.7 Å². The van der Waals surface area contributed by atoms with Gasteiger partial charge in [-0.1, -0.05) is 18.2 Å². The lowest BCUT2D eigenvalue weighted by molar-refractivity contribution is -0.236. The van der Waals surface area contributed by atoms with Gasteiger partial charge in [0.05, 0.1) is 43.1 Å². The summed E-state index contributed by atoms with van der Waals surface area (Å²) in [7, 11) is 0. The zero-order valence-corrected chi connectivity index (χ0v) is 23.6. The quantitative estimate of drug-likeness (QED) is 0.193. The number of primary amides is 1. The number of aromatic nitrogens is 4. The molecule has 0 radical (unpaired) electrons. The molecule has 0 saturated carbocycles. The number of nitrogens with zero attached hydrogens (tertiary/aromatic N) is 3. The number of carboxylic acid groups (broad SMARTS) is 1. The first-order chi connectivity index (χ1) is 21.2. The molecule has 226 valence electrons. The third-order valence-electron chi connectivity index (χ3n) is 6.66. The number of carboxylic acids is 1. The van der Waals surface area contributed by atoms with Crippen molar-refractivity contribution >= 4 is 17.8 Å². The molecule has 0 atom stereocenters. The van der Waals surface area contributed by atoms with Gasteiger partial charge in [0.1, 0.15) is 17.0 Å². The first-order valence-electron chi connectivity index (χ1n) is 13.5. The maximum absolute atomic E-state index is 13.6. The lowest BCUT2D eigenvalue weighted by atomic mass is 9.92. The Hall–Kier alpha value is -5.40. The maximum atomic E-state index is 13.6. The number of aromatic amines is 1. The van der Waals surface area contributed by atoms with Crippen LogP contribution in [0.1, 0.15) is 35.2 Å². The summed E-state index contributed by atoms with van der Waals surface area (Å²) in [4.78, 5) is 38.6. The average molecular weight is 601 g/mol. The van der Waals surface area contributed by atoms with E-state index in [1.807, 2.05) is 12.1 Å². The van der Waals surface area contributed by atoms with E-state index in [4.69, 9.17) is 19.6 Å². The molecule has 1 amide bonds. The van der Waals surface area contributed by atoms with E-state index in [9.17, 15) is 19.1 Å². The van der Waals surface area contributed by atoms with Crippen molar-refractivity contribution < 1.29 is 33.0 Å². The van der Waals surface area contributed by atoms with Gasteiger partial charge >= 0.3 is 5.97 Å². The van der Waals surface area contributed by atoms with E-state index >= 15 is 0 Å². The van der Waals surface area contributed by atoms with Gasteiger partial charge < -0.3 is 35.0 Å². The first kappa shape index (κ1) is 30.1. The summed E-state index contributed by atoms with van der Waals surface area (Å²) in [5.74, 6) is -0.300. The number of rotatable bonds is 8. The van der Waals surface area contributed by atoms with Crippen LogP contribution in [0.25, 0.3) is 22.6 Å². The molecule has 3 aromatic heterocycles. The predicted octanol–water partition coefficient (Wildman–Crippen LogP) is 4.80. The molecule has 4 heterocycles. The highest BCUT2D eigenvalue weighted by Gasteiger charge is 2.41. The monoisotopic (exact) mass is 600 g/mol. The average Bonchev–Trinajstić information content (AvgIpc) is 3.73. The largest absolute Gasteiger partial charge is 0.481 e. The Morgan fingerprint density at radius 1 is 1.05 bits per heavy atom. The van der Waals surface area contributed by atoms with Crippen molar-refractivity contribution in [2.75, 3.05) is 18.5 Å². The van der Waals surface area contributed by atoms with Crippen LogP contribution in [0.5, 0.6) is 0 Å². The SMILES string of the molecule is CC1(C(=O)O)COC(c2nc(-c3ccc(F)cc3)c(-c3ccnc(NCc4ccco4)n3)[nH]2)OC1.NC(=O)c1ccccc1. The fourth-order valence-electron chi connectivity index (χ4n) is 4.16. The molecule has 1 aliphatic rings. The van der Waals surface area contributed by atoms with Gasteiger partial charge in [-0.25, -0.2) is 19.3 Å². The zero-order valence-electron chi connectivity index (χ0n) is 23.6. The van der Waals surface area contributed by atoms with Gasteiger partial charge in [0.2, 0.25) is 18.1 Å². The summed E-state index contributed by atoms with van der Waals surface area (Å²) < 4.78 is 30.3. The molecule has 0 unspecified atom stereocenters. The lowest BCUT2D eigenvalue weighted by Gasteiger charge is -2.33. The van der Waals surface area contributed by atoms with Crippen LogP contribution in [0.4, 0.5) is 10.3 Å². The molecule has 1 saturated heterocycles. The number of nitrogens with one attached hydrogen (secondary N) is 2. The number of amides is 1. The summed E-state index contributed by atoms with van der Waals surface area (Å²) in [6.45, 7) is 1.88. The van der Waals surface area contributed by atoms with Gasteiger partial charge in [0.15, 0.2) is 5.82 Å². The number of nitrogens with two attached hydrogens (primary N) is 1. The Bertz CT molecular complexity index is 1700. The van der Waals surface area contributed by atoms with Gasteiger partial charge in [0.25, 0.3) is 0 Å². The highest BCUT2D eigenvalue weighted by molar-refractivity contribution is 5.92. The highest BCUT2D eigenvalue weighted by Crippen LogP contribution is 2.35. The van der Waals surface area contributed by atoms with Crippen molar-refractivity contribution in [2.24, 2.45) is 11.1 Å². The van der Waals surface area contributed by atoms with E-state index in [-0.39, 0.29) is 24.9 Å². The summed E-state index contributed by atoms with van der Waals surface area (Å²) in [6, 6.07) is 20.0. The van der Waals surface area contributed by atoms with E-state index in [1.54, 1.807) is 67.9 Å². The fourth-order valence-corrected chi connectivity index (χ4v) is 4.16. The third kappa shape index (κ3) is 7.14. The topological polar surface area (TPSA) is 178 Å². The molecule has 1 fully saturated rings. The van der Waals surface area contributed by atoms with Gasteiger partial charge in [-0.3, -0.25) is 9.59 Å². The van der Waals surface area contributed by atoms with E-state index in [1.165, 1.54) is 12.1 Å². The second kappa shape index (κ2) is 13.3. The maximum Gasteiger partial charge on any atom is 0.314 e. The van der Waals surface area contributed by atoms with Crippen molar-refractivity contribution in [3.63, 3.8) is 0 Å². The second-order valence-electron chi connectivity index (χ2n) is 10.1. The molecule has 1 aliphatic heterocycles. The van der Waals surface area contributed by atoms with Crippen molar-refractivity contribution in [1.82, 2.24) is 19.9 Å².